The molecule has 0 saturated heterocycles. The molecule has 1 amide bonds. The molecule has 0 saturated carbocycles. The third-order valence-electron chi connectivity index (χ3n) is 2.98. The highest BCUT2D eigenvalue weighted by atomic mass is 19.4. The van der Waals surface area contributed by atoms with Gasteiger partial charge in [-0.3, -0.25) is 4.79 Å². The molecule has 0 radical (unpaired) electrons. The third-order valence-corrected chi connectivity index (χ3v) is 2.98. The lowest BCUT2D eigenvalue weighted by Gasteiger charge is -2.15. The number of benzene rings is 1. The lowest BCUT2D eigenvalue weighted by Crippen LogP contribution is -2.29. The van der Waals surface area contributed by atoms with Crippen molar-refractivity contribution in [3.05, 3.63) is 41.0 Å². The number of nitriles is 1. The molecule has 0 aliphatic rings. The van der Waals surface area contributed by atoms with Crippen LogP contribution in [0.5, 0.6) is 0 Å². The van der Waals surface area contributed by atoms with Gasteiger partial charge in [-0.25, -0.2) is 0 Å². The Morgan fingerprint density at radius 1 is 1.12 bits per heavy atom. The van der Waals surface area contributed by atoms with Crippen LogP contribution in [0.1, 0.15) is 23.6 Å². The highest BCUT2D eigenvalue weighted by Crippen LogP contribution is 2.36. The number of carbonyl (C=O) groups excluding carboxylic acids is 1. The molecule has 130 valence electrons. The second-order valence-corrected chi connectivity index (χ2v) is 4.68. The van der Waals surface area contributed by atoms with Crippen molar-refractivity contribution >= 4 is 12.0 Å². The largest absolute Gasteiger partial charge is 0.416 e. The van der Waals surface area contributed by atoms with Crippen molar-refractivity contribution in [1.82, 2.24) is 4.90 Å². The van der Waals surface area contributed by atoms with E-state index in [0.717, 1.165) is 17.1 Å². The topological polar surface area (TPSA) is 44.1 Å². The minimum Gasteiger partial charge on any atom is -0.326 e. The molecule has 0 unspecified atom stereocenters. The van der Waals surface area contributed by atoms with Crippen LogP contribution in [0.2, 0.25) is 0 Å². The van der Waals surface area contributed by atoms with Crippen molar-refractivity contribution in [1.29, 1.82) is 5.26 Å². The van der Waals surface area contributed by atoms with Gasteiger partial charge in [-0.05, 0) is 36.8 Å². The summed E-state index contributed by atoms with van der Waals surface area (Å²) in [7, 11) is 0. The van der Waals surface area contributed by atoms with Crippen LogP contribution in [0.3, 0.4) is 0 Å². The van der Waals surface area contributed by atoms with Gasteiger partial charge < -0.3 is 4.90 Å². The fourth-order valence-electron chi connectivity index (χ4n) is 1.78. The van der Waals surface area contributed by atoms with Crippen molar-refractivity contribution in [3.63, 3.8) is 0 Å². The van der Waals surface area contributed by atoms with Gasteiger partial charge in [0.15, 0.2) is 0 Å². The predicted molar refractivity (Wildman–Crippen MR) is 73.3 cm³/mol. The summed E-state index contributed by atoms with van der Waals surface area (Å²) >= 11 is 0. The van der Waals surface area contributed by atoms with Crippen LogP contribution < -0.4 is 0 Å². The summed E-state index contributed by atoms with van der Waals surface area (Å²) in [5.74, 6) is -0.690. The Balaban J connectivity index is 3.22. The Labute approximate surface area is 133 Å². The highest BCUT2D eigenvalue weighted by Gasteiger charge is 2.36. The van der Waals surface area contributed by atoms with Crippen LogP contribution >= 0.6 is 0 Å². The third kappa shape index (κ3) is 5.30. The number of carbonyl (C=O) groups is 1. The maximum absolute atomic E-state index is 12.7. The molecule has 0 aliphatic carbocycles. The van der Waals surface area contributed by atoms with Crippen molar-refractivity contribution in [2.24, 2.45) is 0 Å². The lowest BCUT2D eigenvalue weighted by molar-refractivity contribution is -0.143. The van der Waals surface area contributed by atoms with Crippen LogP contribution in [0.15, 0.2) is 24.3 Å². The SMILES string of the molecule is CCN(CC#N)C(=O)C=Cc1cc(C(F)(F)F)cc(C(F)(F)F)c1. The Kier molecular flexibility index (Phi) is 6.01. The molecule has 1 aromatic carbocycles. The first-order valence-electron chi connectivity index (χ1n) is 6.62. The van der Waals surface area contributed by atoms with Crippen LogP contribution in [-0.4, -0.2) is 23.9 Å². The summed E-state index contributed by atoms with van der Waals surface area (Å²) < 4.78 is 76.3. The van der Waals surface area contributed by atoms with Gasteiger partial charge in [0.2, 0.25) is 5.91 Å². The Hall–Kier alpha value is -2.50. The minimum atomic E-state index is -4.95. The van der Waals surface area contributed by atoms with E-state index in [4.69, 9.17) is 5.26 Å². The molecule has 24 heavy (non-hydrogen) atoms. The van der Waals surface area contributed by atoms with E-state index in [2.05, 4.69) is 0 Å². The number of nitrogens with zero attached hydrogens (tertiary/aromatic N) is 2. The maximum atomic E-state index is 12.7. The van der Waals surface area contributed by atoms with E-state index in [9.17, 15) is 31.1 Å². The Morgan fingerprint density at radius 3 is 2.00 bits per heavy atom. The number of hydrogen-bond donors (Lipinski definition) is 0. The van der Waals surface area contributed by atoms with Gasteiger partial charge in [0.1, 0.15) is 6.54 Å². The van der Waals surface area contributed by atoms with E-state index in [1.165, 1.54) is 0 Å². The van der Waals surface area contributed by atoms with E-state index in [1.807, 2.05) is 0 Å². The van der Waals surface area contributed by atoms with E-state index >= 15 is 0 Å². The lowest BCUT2D eigenvalue weighted by atomic mass is 10.0. The Morgan fingerprint density at radius 2 is 1.62 bits per heavy atom. The smallest absolute Gasteiger partial charge is 0.326 e. The molecule has 0 heterocycles. The van der Waals surface area contributed by atoms with Gasteiger partial charge in [-0.2, -0.15) is 31.6 Å². The average Bonchev–Trinajstić information content (AvgIpc) is 2.48. The zero-order chi connectivity index (χ0) is 18.5. The molecule has 1 rings (SSSR count). The van der Waals surface area contributed by atoms with Gasteiger partial charge >= 0.3 is 12.4 Å². The molecule has 1 aromatic rings. The van der Waals surface area contributed by atoms with Gasteiger partial charge in [0, 0.05) is 12.6 Å². The number of rotatable bonds is 4. The highest BCUT2D eigenvalue weighted by molar-refractivity contribution is 5.92. The maximum Gasteiger partial charge on any atom is 0.416 e. The molecule has 0 atom stereocenters. The fraction of sp³-hybridized carbons (Fsp3) is 0.333. The summed E-state index contributed by atoms with van der Waals surface area (Å²) in [6, 6.07) is 2.76. The number of amides is 1. The minimum absolute atomic E-state index is 0.00713. The average molecular weight is 350 g/mol. The van der Waals surface area contributed by atoms with E-state index in [-0.39, 0.29) is 19.2 Å². The number of halogens is 6. The normalized spacial score (nSPS) is 12.2. The Bertz CT molecular complexity index is 638. The summed E-state index contributed by atoms with van der Waals surface area (Å²) in [6.07, 6.45) is -8.22. The molecule has 0 aliphatic heterocycles. The molecule has 0 spiro atoms. The van der Waals surface area contributed by atoms with Crippen LogP contribution in [0.25, 0.3) is 6.08 Å². The van der Waals surface area contributed by atoms with Crippen LogP contribution in [0, 0.1) is 11.3 Å². The van der Waals surface area contributed by atoms with Crippen LogP contribution in [-0.2, 0) is 17.1 Å². The van der Waals surface area contributed by atoms with Gasteiger partial charge in [0.25, 0.3) is 0 Å². The molecule has 9 heteroatoms. The molecule has 0 aromatic heterocycles. The standard InChI is InChI=1S/C15H12F6N2O/c1-2-23(6-5-22)13(24)4-3-10-7-11(14(16,17)18)9-12(8-10)15(19,20)21/h3-4,7-9H,2,6H2,1H3. The van der Waals surface area contributed by atoms with Crippen molar-refractivity contribution in [3.8, 4) is 6.07 Å². The molecular formula is C15H12F6N2O. The fourth-order valence-corrected chi connectivity index (χ4v) is 1.78. The number of alkyl halides is 6. The number of hydrogen-bond acceptors (Lipinski definition) is 2. The van der Waals surface area contributed by atoms with Gasteiger partial charge in [-0.1, -0.05) is 0 Å². The quantitative estimate of drug-likeness (QED) is 0.466. The predicted octanol–water partition coefficient (Wildman–Crippen LogP) is 4.11. The molecule has 0 fully saturated rings. The molecule has 0 N–H and O–H groups in total. The summed E-state index contributed by atoms with van der Waals surface area (Å²) in [4.78, 5) is 12.8. The number of likely N-dealkylation sites (N-methyl/N-ethyl adjacent to an activating group) is 1. The summed E-state index contributed by atoms with van der Waals surface area (Å²) in [5, 5.41) is 8.54. The zero-order valence-corrected chi connectivity index (χ0v) is 12.4. The molecular weight excluding hydrogens is 338 g/mol. The summed E-state index contributed by atoms with van der Waals surface area (Å²) in [6.45, 7) is 1.51. The van der Waals surface area contributed by atoms with Crippen LogP contribution in [0.4, 0.5) is 26.3 Å². The van der Waals surface area contributed by atoms with E-state index in [0.29, 0.717) is 12.1 Å². The first-order valence-corrected chi connectivity index (χ1v) is 6.62. The summed E-state index contributed by atoms with van der Waals surface area (Å²) in [5.41, 5.74) is -3.35. The van der Waals surface area contributed by atoms with E-state index in [1.54, 1.807) is 13.0 Å². The molecule has 0 bridgehead atoms. The first-order chi connectivity index (χ1) is 11.0. The second kappa shape index (κ2) is 7.38. The first kappa shape index (κ1) is 19.5. The van der Waals surface area contributed by atoms with Gasteiger partial charge in [-0.15, -0.1) is 0 Å². The second-order valence-electron chi connectivity index (χ2n) is 4.68. The van der Waals surface area contributed by atoms with Crippen molar-refractivity contribution < 1.29 is 31.1 Å². The van der Waals surface area contributed by atoms with Crippen molar-refractivity contribution in [2.45, 2.75) is 19.3 Å². The molecule has 3 nitrogen and oxygen atoms in total. The zero-order valence-electron chi connectivity index (χ0n) is 12.4. The van der Waals surface area contributed by atoms with Gasteiger partial charge in [0.05, 0.1) is 17.2 Å². The van der Waals surface area contributed by atoms with E-state index < -0.39 is 35.0 Å². The monoisotopic (exact) mass is 350 g/mol. The van der Waals surface area contributed by atoms with Crippen molar-refractivity contribution in [2.75, 3.05) is 13.1 Å².